The lowest BCUT2D eigenvalue weighted by Gasteiger charge is -2.34. The molecule has 8 heteroatoms. The molecule has 0 aromatic heterocycles. The van der Waals surface area contributed by atoms with Crippen molar-refractivity contribution < 1.29 is 18.4 Å². The molecule has 0 unspecified atom stereocenters. The van der Waals surface area contributed by atoms with Gasteiger partial charge < -0.3 is 15.1 Å². The van der Waals surface area contributed by atoms with Crippen molar-refractivity contribution in [3.63, 3.8) is 0 Å². The number of amides is 3. The number of nitrogens with zero attached hydrogens (tertiary/aromatic N) is 2. The van der Waals surface area contributed by atoms with E-state index in [0.29, 0.717) is 0 Å². The van der Waals surface area contributed by atoms with E-state index in [2.05, 4.69) is 5.32 Å². The van der Waals surface area contributed by atoms with E-state index >= 15 is 0 Å². The molecule has 1 heterocycles. The molecule has 1 saturated carbocycles. The number of urea groups is 1. The number of hydrogen-bond acceptors (Lipinski definition) is 3. The molecule has 2 fully saturated rings. The first-order valence-corrected chi connectivity index (χ1v) is 9.29. The molecular formula is C15H25F2N3O2S. The van der Waals surface area contributed by atoms with E-state index in [1.807, 2.05) is 16.7 Å². The summed E-state index contributed by atoms with van der Waals surface area (Å²) in [6.07, 6.45) is 0.445. The first-order valence-electron chi connectivity index (χ1n) is 8.13. The van der Waals surface area contributed by atoms with Crippen LogP contribution in [0.1, 0.15) is 25.7 Å². The Balaban J connectivity index is 1.73. The standard InChI is InChI=1S/C15H25F2N3O2S/c1-19(10-13(16)17)15(22)18-12-4-2-11(3-5-12)14(21)20-6-8-23-9-7-20/h11-13H,2-10H2,1H3,(H,18,22). The summed E-state index contributed by atoms with van der Waals surface area (Å²) in [4.78, 5) is 27.2. The Morgan fingerprint density at radius 3 is 2.39 bits per heavy atom. The Bertz CT molecular complexity index is 412. The van der Waals surface area contributed by atoms with Crippen molar-refractivity contribution in [2.24, 2.45) is 5.92 Å². The number of halogens is 2. The summed E-state index contributed by atoms with van der Waals surface area (Å²) in [6.45, 7) is 1.10. The van der Waals surface area contributed by atoms with Crippen LogP contribution in [0.3, 0.4) is 0 Å². The van der Waals surface area contributed by atoms with Gasteiger partial charge in [-0.2, -0.15) is 11.8 Å². The first-order chi connectivity index (χ1) is 11.0. The molecule has 1 aliphatic heterocycles. The van der Waals surface area contributed by atoms with Crippen LogP contribution < -0.4 is 5.32 Å². The minimum Gasteiger partial charge on any atom is -0.341 e. The van der Waals surface area contributed by atoms with Gasteiger partial charge in [-0.3, -0.25) is 4.79 Å². The minimum absolute atomic E-state index is 0.0245. The van der Waals surface area contributed by atoms with E-state index in [1.54, 1.807) is 0 Å². The molecule has 0 spiro atoms. The molecule has 132 valence electrons. The lowest BCUT2D eigenvalue weighted by molar-refractivity contribution is -0.136. The van der Waals surface area contributed by atoms with Crippen molar-refractivity contribution in [1.29, 1.82) is 0 Å². The molecule has 23 heavy (non-hydrogen) atoms. The predicted octanol–water partition coefficient (Wildman–Crippen LogP) is 2.03. The van der Waals surface area contributed by atoms with E-state index in [4.69, 9.17) is 0 Å². The molecule has 5 nitrogen and oxygen atoms in total. The van der Waals surface area contributed by atoms with Gasteiger partial charge in [-0.15, -0.1) is 0 Å². The van der Waals surface area contributed by atoms with Crippen LogP contribution in [0.5, 0.6) is 0 Å². The van der Waals surface area contributed by atoms with Gasteiger partial charge in [-0.1, -0.05) is 0 Å². The topological polar surface area (TPSA) is 52.7 Å². The van der Waals surface area contributed by atoms with E-state index < -0.39 is 19.0 Å². The molecule has 0 aromatic rings. The van der Waals surface area contributed by atoms with Gasteiger partial charge in [0.1, 0.15) is 0 Å². The summed E-state index contributed by atoms with van der Waals surface area (Å²) in [6, 6.07) is -0.489. The van der Waals surface area contributed by atoms with Crippen LogP contribution in [0.4, 0.5) is 13.6 Å². The molecule has 2 rings (SSSR count). The fraction of sp³-hybridized carbons (Fsp3) is 0.867. The molecule has 0 radical (unpaired) electrons. The van der Waals surface area contributed by atoms with Crippen LogP contribution in [0, 0.1) is 5.92 Å². The van der Waals surface area contributed by atoms with Crippen molar-refractivity contribution in [3.8, 4) is 0 Å². The second-order valence-corrected chi connectivity index (χ2v) is 7.43. The zero-order valence-corrected chi connectivity index (χ0v) is 14.3. The summed E-state index contributed by atoms with van der Waals surface area (Å²) < 4.78 is 24.6. The largest absolute Gasteiger partial charge is 0.341 e. The van der Waals surface area contributed by atoms with Gasteiger partial charge in [0.05, 0.1) is 6.54 Å². The molecule has 2 aliphatic rings. The van der Waals surface area contributed by atoms with Gasteiger partial charge in [0.2, 0.25) is 5.91 Å². The third kappa shape index (κ3) is 5.51. The van der Waals surface area contributed by atoms with Crippen molar-refractivity contribution in [2.45, 2.75) is 38.2 Å². The van der Waals surface area contributed by atoms with E-state index in [1.165, 1.54) is 7.05 Å². The van der Waals surface area contributed by atoms with Crippen LogP contribution in [-0.4, -0.2) is 72.4 Å². The smallest absolute Gasteiger partial charge is 0.317 e. The fourth-order valence-corrected chi connectivity index (χ4v) is 4.00. The third-order valence-corrected chi connectivity index (χ3v) is 5.43. The number of carbonyl (C=O) groups excluding carboxylic acids is 2. The van der Waals surface area contributed by atoms with E-state index in [-0.39, 0.29) is 17.9 Å². The molecule has 0 atom stereocenters. The van der Waals surface area contributed by atoms with E-state index in [0.717, 1.165) is 55.2 Å². The lowest BCUT2D eigenvalue weighted by Crippen LogP contribution is -2.47. The highest BCUT2D eigenvalue weighted by molar-refractivity contribution is 7.99. The van der Waals surface area contributed by atoms with Crippen molar-refractivity contribution >= 4 is 23.7 Å². The Kier molecular flexibility index (Phi) is 6.92. The lowest BCUT2D eigenvalue weighted by atomic mass is 9.85. The molecular weight excluding hydrogens is 324 g/mol. The van der Waals surface area contributed by atoms with Crippen LogP contribution in [0.15, 0.2) is 0 Å². The second kappa shape index (κ2) is 8.70. The average Bonchev–Trinajstić information content (AvgIpc) is 2.55. The van der Waals surface area contributed by atoms with Gasteiger partial charge in [0.15, 0.2) is 0 Å². The van der Waals surface area contributed by atoms with Crippen LogP contribution in [0.2, 0.25) is 0 Å². The highest BCUT2D eigenvalue weighted by Gasteiger charge is 2.31. The SMILES string of the molecule is CN(CC(F)F)C(=O)NC1CCC(C(=O)N2CCSCC2)CC1. The average molecular weight is 349 g/mol. The Morgan fingerprint density at radius 2 is 1.83 bits per heavy atom. The first kappa shape index (κ1) is 18.3. The number of rotatable bonds is 4. The Morgan fingerprint density at radius 1 is 1.22 bits per heavy atom. The normalized spacial score (nSPS) is 25.3. The van der Waals surface area contributed by atoms with Crippen LogP contribution >= 0.6 is 11.8 Å². The fourth-order valence-electron chi connectivity index (χ4n) is 3.10. The van der Waals surface area contributed by atoms with Gasteiger partial charge in [0, 0.05) is 43.6 Å². The summed E-state index contributed by atoms with van der Waals surface area (Å²) in [5.41, 5.74) is 0. The Labute approximate surface area is 140 Å². The number of carbonyl (C=O) groups is 2. The summed E-state index contributed by atoms with van der Waals surface area (Å²) in [7, 11) is 1.37. The summed E-state index contributed by atoms with van der Waals surface area (Å²) >= 11 is 1.88. The molecule has 1 saturated heterocycles. The molecule has 0 aromatic carbocycles. The van der Waals surface area contributed by atoms with Crippen LogP contribution in [-0.2, 0) is 4.79 Å². The number of hydrogen-bond donors (Lipinski definition) is 1. The zero-order chi connectivity index (χ0) is 16.8. The summed E-state index contributed by atoms with van der Waals surface area (Å²) in [5, 5.41) is 2.79. The van der Waals surface area contributed by atoms with Crippen LogP contribution in [0.25, 0.3) is 0 Å². The van der Waals surface area contributed by atoms with Crippen molar-refractivity contribution in [3.05, 3.63) is 0 Å². The quantitative estimate of drug-likeness (QED) is 0.845. The molecule has 3 amide bonds. The molecule has 1 N–H and O–H groups in total. The Hall–Kier alpha value is -1.05. The number of alkyl halides is 2. The van der Waals surface area contributed by atoms with Gasteiger partial charge in [-0.25, -0.2) is 13.6 Å². The summed E-state index contributed by atoms with van der Waals surface area (Å²) in [5.74, 6) is 2.30. The zero-order valence-electron chi connectivity index (χ0n) is 13.5. The maximum Gasteiger partial charge on any atom is 0.317 e. The third-order valence-electron chi connectivity index (χ3n) is 4.49. The predicted molar refractivity (Wildman–Crippen MR) is 86.8 cm³/mol. The molecule has 0 bridgehead atoms. The minimum atomic E-state index is -2.53. The number of nitrogens with one attached hydrogen (secondary N) is 1. The van der Waals surface area contributed by atoms with E-state index in [9.17, 15) is 18.4 Å². The number of thioether (sulfide) groups is 1. The van der Waals surface area contributed by atoms with Gasteiger partial charge in [-0.05, 0) is 25.7 Å². The maximum absolute atomic E-state index is 12.4. The van der Waals surface area contributed by atoms with Crippen molar-refractivity contribution in [1.82, 2.24) is 15.1 Å². The molecule has 1 aliphatic carbocycles. The highest BCUT2D eigenvalue weighted by Crippen LogP contribution is 2.27. The van der Waals surface area contributed by atoms with Gasteiger partial charge in [0.25, 0.3) is 6.43 Å². The monoisotopic (exact) mass is 349 g/mol. The van der Waals surface area contributed by atoms with Crippen molar-refractivity contribution in [2.75, 3.05) is 38.2 Å². The van der Waals surface area contributed by atoms with Gasteiger partial charge >= 0.3 is 6.03 Å². The maximum atomic E-state index is 12.4. The second-order valence-electron chi connectivity index (χ2n) is 6.21. The highest BCUT2D eigenvalue weighted by atomic mass is 32.2.